The number of carbonyl (C=O) groups excluding carboxylic acids is 2. The average molecular weight is 426 g/mol. The number of rotatable bonds is 11. The van der Waals surface area contributed by atoms with Crippen molar-refractivity contribution < 1.29 is 19.1 Å². The van der Waals surface area contributed by atoms with E-state index >= 15 is 0 Å². The Kier molecular flexibility index (Phi) is 9.14. The lowest BCUT2D eigenvalue weighted by molar-refractivity contribution is -0.125. The summed E-state index contributed by atoms with van der Waals surface area (Å²) in [5.41, 5.74) is 5.99. The van der Waals surface area contributed by atoms with Gasteiger partial charge in [0.25, 0.3) is 11.8 Å². The van der Waals surface area contributed by atoms with Crippen LogP contribution in [0.5, 0.6) is 11.5 Å². The summed E-state index contributed by atoms with van der Waals surface area (Å²) in [6.45, 7) is -0.891. The Labute approximate surface area is 178 Å². The van der Waals surface area contributed by atoms with Crippen LogP contribution < -0.4 is 20.3 Å². The summed E-state index contributed by atoms with van der Waals surface area (Å²) in [5.74, 6) is 0.166. The number of methoxy groups -OCH3 is 2. The van der Waals surface area contributed by atoms with Crippen LogP contribution in [-0.4, -0.2) is 56.6 Å². The molecule has 2 aromatic carbocycles. The highest BCUT2D eigenvalue weighted by Crippen LogP contribution is 2.10. The summed E-state index contributed by atoms with van der Waals surface area (Å²) in [5, 5.41) is 11.0. The van der Waals surface area contributed by atoms with Gasteiger partial charge in [-0.15, -0.1) is 4.91 Å². The van der Waals surface area contributed by atoms with Crippen molar-refractivity contribution in [3.8, 4) is 11.5 Å². The molecule has 0 saturated carbocycles. The van der Waals surface area contributed by atoms with Gasteiger partial charge in [0.2, 0.25) is 0 Å². The number of carbonyl (C=O) groups is 2. The number of amides is 2. The second kappa shape index (κ2) is 12.3. The van der Waals surface area contributed by atoms with Gasteiger partial charge in [-0.25, -0.2) is 15.9 Å². The molecular formula is C20H22N6O5. The smallest absolute Gasteiger partial charge is 0.261 e. The number of benzene rings is 2. The van der Waals surface area contributed by atoms with Gasteiger partial charge in [0.05, 0.1) is 31.9 Å². The second-order valence-corrected chi connectivity index (χ2v) is 6.04. The molecule has 162 valence electrons. The minimum atomic E-state index is -0.612. The van der Waals surface area contributed by atoms with E-state index in [1.54, 1.807) is 62.8 Å². The maximum absolute atomic E-state index is 11.9. The second-order valence-electron chi connectivity index (χ2n) is 6.04. The van der Waals surface area contributed by atoms with Gasteiger partial charge in [-0.3, -0.25) is 9.59 Å². The molecule has 0 aliphatic carbocycles. The molecule has 0 aromatic heterocycles. The molecule has 0 aliphatic rings. The highest BCUT2D eigenvalue weighted by Gasteiger charge is 2.13. The summed E-state index contributed by atoms with van der Waals surface area (Å²) < 4.78 is 10.1. The van der Waals surface area contributed by atoms with Crippen molar-refractivity contribution in [3.63, 3.8) is 0 Å². The molecule has 11 nitrogen and oxygen atoms in total. The fourth-order valence-electron chi connectivity index (χ4n) is 2.25. The Morgan fingerprint density at radius 2 is 1.19 bits per heavy atom. The lowest BCUT2D eigenvalue weighted by Crippen LogP contribution is -2.38. The van der Waals surface area contributed by atoms with Crippen LogP contribution in [0.1, 0.15) is 11.1 Å². The first-order valence-electron chi connectivity index (χ1n) is 9.04. The van der Waals surface area contributed by atoms with E-state index in [0.29, 0.717) is 11.5 Å². The highest BCUT2D eigenvalue weighted by molar-refractivity contribution is 5.85. The van der Waals surface area contributed by atoms with Crippen LogP contribution in [-0.2, 0) is 9.59 Å². The Morgan fingerprint density at radius 3 is 1.52 bits per heavy atom. The first-order valence-corrected chi connectivity index (χ1v) is 9.04. The zero-order valence-corrected chi connectivity index (χ0v) is 17.0. The Morgan fingerprint density at radius 1 is 0.806 bits per heavy atom. The lowest BCUT2D eigenvalue weighted by atomic mass is 10.2. The van der Waals surface area contributed by atoms with Crippen molar-refractivity contribution in [1.82, 2.24) is 15.9 Å². The van der Waals surface area contributed by atoms with Crippen molar-refractivity contribution in [3.05, 3.63) is 64.6 Å². The molecule has 0 aliphatic heterocycles. The van der Waals surface area contributed by atoms with Gasteiger partial charge in [0, 0.05) is 0 Å². The van der Waals surface area contributed by atoms with E-state index in [1.807, 2.05) is 0 Å². The molecule has 0 bridgehead atoms. The third-order valence-corrected chi connectivity index (χ3v) is 3.81. The topological polar surface area (TPSA) is 134 Å². The van der Waals surface area contributed by atoms with E-state index in [2.05, 4.69) is 26.3 Å². The number of hydrogen-bond acceptors (Lipinski definition) is 8. The van der Waals surface area contributed by atoms with Crippen molar-refractivity contribution in [2.24, 2.45) is 15.5 Å². The molecule has 0 unspecified atom stereocenters. The molecule has 0 radical (unpaired) electrons. The molecular weight excluding hydrogens is 404 g/mol. The fraction of sp³-hybridized carbons (Fsp3) is 0.200. The van der Waals surface area contributed by atoms with Gasteiger partial charge in [0.1, 0.15) is 24.6 Å². The Bertz CT molecular complexity index is 855. The molecule has 11 heteroatoms. The molecule has 2 amide bonds. The fourth-order valence-corrected chi connectivity index (χ4v) is 2.25. The van der Waals surface area contributed by atoms with Gasteiger partial charge in [0.15, 0.2) is 0 Å². The molecule has 0 heterocycles. The zero-order valence-electron chi connectivity index (χ0n) is 17.0. The predicted molar refractivity (Wildman–Crippen MR) is 115 cm³/mol. The van der Waals surface area contributed by atoms with Gasteiger partial charge >= 0.3 is 0 Å². The third-order valence-electron chi connectivity index (χ3n) is 3.81. The Balaban J connectivity index is 1.75. The van der Waals surface area contributed by atoms with Gasteiger partial charge in [-0.1, -0.05) is 0 Å². The summed E-state index contributed by atoms with van der Waals surface area (Å²) in [4.78, 5) is 34.7. The molecule has 2 aromatic rings. The normalized spacial score (nSPS) is 10.6. The van der Waals surface area contributed by atoms with E-state index < -0.39 is 24.9 Å². The van der Waals surface area contributed by atoms with Crippen molar-refractivity contribution in [2.75, 3.05) is 27.3 Å². The van der Waals surface area contributed by atoms with Gasteiger partial charge < -0.3 is 9.47 Å². The van der Waals surface area contributed by atoms with E-state index in [1.165, 1.54) is 12.4 Å². The summed E-state index contributed by atoms with van der Waals surface area (Å²) >= 11 is 0. The zero-order chi connectivity index (χ0) is 22.5. The minimum Gasteiger partial charge on any atom is -0.497 e. The lowest BCUT2D eigenvalue weighted by Gasteiger charge is -2.12. The van der Waals surface area contributed by atoms with Crippen LogP contribution in [0.15, 0.2) is 64.0 Å². The molecule has 0 atom stereocenters. The monoisotopic (exact) mass is 426 g/mol. The number of hydrazone groups is 2. The maximum Gasteiger partial charge on any atom is 0.261 e. The number of hydrogen-bond donors (Lipinski definition) is 2. The molecule has 0 saturated heterocycles. The SMILES string of the molecule is COc1ccc(/C=N/NC(=O)CN(CC(=O)N/N=C/c2ccc(OC)cc2)N=O)cc1. The largest absolute Gasteiger partial charge is 0.497 e. The Hall–Kier alpha value is -4.28. The number of nitroso groups, excluding NO2 is 1. The number of nitrogens with zero attached hydrogens (tertiary/aromatic N) is 4. The standard InChI is InChI=1S/C20H22N6O5/c1-30-17-7-3-15(4-8-17)11-21-23-19(27)13-26(25-29)14-20(28)24-22-12-16-5-9-18(31-2)10-6-16/h3-12H,13-14H2,1-2H3,(H,23,27)(H,24,28)/b21-11+,22-12+. The van der Waals surface area contributed by atoms with Crippen LogP contribution in [0.4, 0.5) is 0 Å². The highest BCUT2D eigenvalue weighted by atomic mass is 16.5. The van der Waals surface area contributed by atoms with E-state index in [4.69, 9.17) is 9.47 Å². The molecule has 2 rings (SSSR count). The van der Waals surface area contributed by atoms with Crippen LogP contribution >= 0.6 is 0 Å². The summed E-state index contributed by atoms with van der Waals surface area (Å²) in [7, 11) is 3.12. The number of nitrogens with one attached hydrogen (secondary N) is 2. The van der Waals surface area contributed by atoms with Crippen molar-refractivity contribution in [2.45, 2.75) is 0 Å². The van der Waals surface area contributed by atoms with Gasteiger partial charge in [-0.2, -0.15) is 10.2 Å². The van der Waals surface area contributed by atoms with Crippen molar-refractivity contribution in [1.29, 1.82) is 0 Å². The van der Waals surface area contributed by atoms with Gasteiger partial charge in [-0.05, 0) is 59.7 Å². The van der Waals surface area contributed by atoms with Crippen LogP contribution in [0.3, 0.4) is 0 Å². The minimum absolute atomic E-state index is 0.445. The third kappa shape index (κ3) is 8.31. The van der Waals surface area contributed by atoms with E-state index in [-0.39, 0.29) is 0 Å². The quantitative estimate of drug-likeness (QED) is 0.316. The van der Waals surface area contributed by atoms with Crippen molar-refractivity contribution >= 4 is 24.2 Å². The van der Waals surface area contributed by atoms with Crippen LogP contribution in [0, 0.1) is 4.91 Å². The first-order chi connectivity index (χ1) is 15.0. The predicted octanol–water partition coefficient (Wildman–Crippen LogP) is 1.29. The van der Waals surface area contributed by atoms with E-state index in [0.717, 1.165) is 16.1 Å². The molecule has 2 N–H and O–H groups in total. The molecule has 0 fully saturated rings. The van der Waals surface area contributed by atoms with Crippen LogP contribution in [0.25, 0.3) is 0 Å². The van der Waals surface area contributed by atoms with E-state index in [9.17, 15) is 14.5 Å². The summed E-state index contributed by atoms with van der Waals surface area (Å²) in [6, 6.07) is 14.0. The average Bonchev–Trinajstić information content (AvgIpc) is 2.79. The van der Waals surface area contributed by atoms with Crippen LogP contribution in [0.2, 0.25) is 0 Å². The first kappa shape index (κ1) is 23.0. The number of ether oxygens (including phenoxy) is 2. The maximum atomic E-state index is 11.9. The molecule has 31 heavy (non-hydrogen) atoms. The summed E-state index contributed by atoms with van der Waals surface area (Å²) in [6.07, 6.45) is 2.85. The molecule has 0 spiro atoms.